The van der Waals surface area contributed by atoms with Crippen LogP contribution >= 0.6 is 11.3 Å². The standard InChI is InChI=1S/C20H20N2O6S/c1-11-12(2)28-18(21-11)10-27-20(24)13-8-15(25-3)16(26-4)9-14(13)22-19(23)17-6-5-7-29-17/h5-9H,10H2,1-4H3,(H,22,23). The molecule has 0 aliphatic rings. The average Bonchev–Trinajstić information content (AvgIpc) is 3.36. The van der Waals surface area contributed by atoms with Crippen LogP contribution in [-0.4, -0.2) is 31.1 Å². The predicted octanol–water partition coefficient (Wildman–Crippen LogP) is 3.98. The highest BCUT2D eigenvalue weighted by Gasteiger charge is 2.21. The Bertz CT molecular complexity index is 1010. The number of rotatable bonds is 7. The molecule has 0 spiro atoms. The topological polar surface area (TPSA) is 99.9 Å². The Morgan fingerprint density at radius 2 is 1.90 bits per heavy atom. The van der Waals surface area contributed by atoms with Crippen molar-refractivity contribution < 1.29 is 28.2 Å². The number of ether oxygens (including phenoxy) is 3. The molecule has 0 atom stereocenters. The van der Waals surface area contributed by atoms with E-state index in [1.54, 1.807) is 31.4 Å². The Morgan fingerprint density at radius 3 is 2.48 bits per heavy atom. The summed E-state index contributed by atoms with van der Waals surface area (Å²) in [5.74, 6) is 0.631. The number of aromatic nitrogens is 1. The van der Waals surface area contributed by atoms with Crippen molar-refractivity contribution in [2.75, 3.05) is 19.5 Å². The first kappa shape index (κ1) is 20.4. The number of amides is 1. The lowest BCUT2D eigenvalue weighted by Gasteiger charge is -2.14. The summed E-state index contributed by atoms with van der Waals surface area (Å²) in [6, 6.07) is 6.42. The van der Waals surface area contributed by atoms with Crippen LogP contribution in [0.5, 0.6) is 11.5 Å². The third-order valence-electron chi connectivity index (χ3n) is 4.14. The monoisotopic (exact) mass is 416 g/mol. The molecule has 0 aliphatic carbocycles. The summed E-state index contributed by atoms with van der Waals surface area (Å²) in [6.07, 6.45) is 0. The molecule has 0 unspecified atom stereocenters. The summed E-state index contributed by atoms with van der Waals surface area (Å²) < 4.78 is 21.3. The molecule has 2 aromatic heterocycles. The number of nitrogens with zero attached hydrogens (tertiary/aromatic N) is 1. The van der Waals surface area contributed by atoms with Crippen molar-refractivity contribution in [2.24, 2.45) is 0 Å². The molecule has 0 fully saturated rings. The number of anilines is 1. The molecule has 9 heteroatoms. The second-order valence-electron chi connectivity index (χ2n) is 6.01. The summed E-state index contributed by atoms with van der Waals surface area (Å²) in [5, 5.41) is 4.52. The van der Waals surface area contributed by atoms with E-state index in [1.165, 1.54) is 37.7 Å². The molecule has 8 nitrogen and oxygen atoms in total. The van der Waals surface area contributed by atoms with Crippen molar-refractivity contribution in [2.45, 2.75) is 20.5 Å². The highest BCUT2D eigenvalue weighted by atomic mass is 32.1. The van der Waals surface area contributed by atoms with Crippen LogP contribution in [0.2, 0.25) is 0 Å². The Balaban J connectivity index is 1.87. The maximum absolute atomic E-state index is 12.7. The first-order valence-electron chi connectivity index (χ1n) is 8.63. The van der Waals surface area contributed by atoms with E-state index in [0.717, 1.165) is 5.69 Å². The summed E-state index contributed by atoms with van der Waals surface area (Å²) in [7, 11) is 2.92. The molecule has 0 saturated heterocycles. The number of methoxy groups -OCH3 is 2. The van der Waals surface area contributed by atoms with Crippen LogP contribution in [0.1, 0.15) is 37.4 Å². The van der Waals surface area contributed by atoms with Gasteiger partial charge in [-0.3, -0.25) is 4.79 Å². The third kappa shape index (κ3) is 4.57. The first-order valence-corrected chi connectivity index (χ1v) is 9.51. The van der Waals surface area contributed by atoms with Crippen molar-refractivity contribution in [3.63, 3.8) is 0 Å². The van der Waals surface area contributed by atoms with Gasteiger partial charge in [0.15, 0.2) is 18.1 Å². The van der Waals surface area contributed by atoms with E-state index in [4.69, 9.17) is 18.6 Å². The fourth-order valence-electron chi connectivity index (χ4n) is 2.55. The molecule has 1 aromatic carbocycles. The molecule has 0 bridgehead atoms. The predicted molar refractivity (Wildman–Crippen MR) is 107 cm³/mol. The second-order valence-corrected chi connectivity index (χ2v) is 6.96. The zero-order chi connectivity index (χ0) is 21.0. The minimum absolute atomic E-state index is 0.118. The van der Waals surface area contributed by atoms with Gasteiger partial charge >= 0.3 is 5.97 Å². The van der Waals surface area contributed by atoms with Gasteiger partial charge in [0.2, 0.25) is 5.89 Å². The largest absolute Gasteiger partial charge is 0.493 e. The molecule has 29 heavy (non-hydrogen) atoms. The molecule has 3 rings (SSSR count). The molecule has 0 radical (unpaired) electrons. The summed E-state index contributed by atoms with van der Waals surface area (Å²) in [6.45, 7) is 3.44. The second kappa shape index (κ2) is 8.78. The number of thiophene rings is 1. The van der Waals surface area contributed by atoms with E-state index in [0.29, 0.717) is 22.1 Å². The van der Waals surface area contributed by atoms with E-state index >= 15 is 0 Å². The van der Waals surface area contributed by atoms with E-state index in [9.17, 15) is 9.59 Å². The summed E-state index contributed by atoms with van der Waals surface area (Å²) in [5.41, 5.74) is 1.09. The van der Waals surface area contributed by atoms with Gasteiger partial charge in [-0.05, 0) is 25.3 Å². The highest BCUT2D eigenvalue weighted by Crippen LogP contribution is 2.34. The molecule has 0 aliphatic heterocycles. The molecule has 2 heterocycles. The average molecular weight is 416 g/mol. The van der Waals surface area contributed by atoms with E-state index < -0.39 is 5.97 Å². The van der Waals surface area contributed by atoms with Gasteiger partial charge in [-0.15, -0.1) is 11.3 Å². The van der Waals surface area contributed by atoms with Gasteiger partial charge in [-0.25, -0.2) is 9.78 Å². The van der Waals surface area contributed by atoms with Crippen LogP contribution in [0.25, 0.3) is 0 Å². The molecule has 0 saturated carbocycles. The van der Waals surface area contributed by atoms with Crippen LogP contribution in [0.15, 0.2) is 34.1 Å². The van der Waals surface area contributed by atoms with Crippen LogP contribution < -0.4 is 14.8 Å². The SMILES string of the molecule is COc1cc(NC(=O)c2cccs2)c(C(=O)OCc2nc(C)c(C)o2)cc1OC. The fourth-order valence-corrected chi connectivity index (χ4v) is 3.17. The van der Waals surface area contributed by atoms with Crippen LogP contribution in [0.3, 0.4) is 0 Å². The lowest BCUT2D eigenvalue weighted by Crippen LogP contribution is -2.15. The van der Waals surface area contributed by atoms with Crippen molar-refractivity contribution >= 4 is 28.9 Å². The highest BCUT2D eigenvalue weighted by molar-refractivity contribution is 7.12. The normalized spacial score (nSPS) is 10.5. The molecule has 3 aromatic rings. The Kier molecular flexibility index (Phi) is 6.18. The molecule has 1 N–H and O–H groups in total. The van der Waals surface area contributed by atoms with Gasteiger partial charge in [0.05, 0.1) is 36.0 Å². The zero-order valence-electron chi connectivity index (χ0n) is 16.4. The number of hydrogen-bond donors (Lipinski definition) is 1. The quantitative estimate of drug-likeness (QED) is 0.582. The zero-order valence-corrected chi connectivity index (χ0v) is 17.2. The van der Waals surface area contributed by atoms with Gasteiger partial charge in [0, 0.05) is 12.1 Å². The third-order valence-corrected chi connectivity index (χ3v) is 5.00. The van der Waals surface area contributed by atoms with E-state index in [2.05, 4.69) is 10.3 Å². The number of carbonyl (C=O) groups excluding carboxylic acids is 2. The van der Waals surface area contributed by atoms with Crippen LogP contribution in [-0.2, 0) is 11.3 Å². The molecular weight excluding hydrogens is 396 g/mol. The lowest BCUT2D eigenvalue weighted by atomic mass is 10.1. The van der Waals surface area contributed by atoms with Gasteiger partial charge in [0.25, 0.3) is 5.91 Å². The number of hydrogen-bond acceptors (Lipinski definition) is 8. The van der Waals surface area contributed by atoms with Gasteiger partial charge < -0.3 is 23.9 Å². The van der Waals surface area contributed by atoms with E-state index in [1.807, 2.05) is 0 Å². The van der Waals surface area contributed by atoms with Gasteiger partial charge in [0.1, 0.15) is 5.76 Å². The Labute approximate surface area is 171 Å². The van der Waals surface area contributed by atoms with Crippen LogP contribution in [0.4, 0.5) is 5.69 Å². The minimum atomic E-state index is -0.666. The number of oxazole rings is 1. The van der Waals surface area contributed by atoms with Gasteiger partial charge in [-0.2, -0.15) is 0 Å². The van der Waals surface area contributed by atoms with Crippen LogP contribution in [0, 0.1) is 13.8 Å². The number of esters is 1. The lowest BCUT2D eigenvalue weighted by molar-refractivity contribution is 0.0437. The smallest absolute Gasteiger partial charge is 0.340 e. The van der Waals surface area contributed by atoms with Gasteiger partial charge in [-0.1, -0.05) is 6.07 Å². The first-order chi connectivity index (χ1) is 13.9. The Hall–Kier alpha value is -3.33. The van der Waals surface area contributed by atoms with Crippen molar-refractivity contribution in [1.82, 2.24) is 4.98 Å². The summed E-state index contributed by atoms with van der Waals surface area (Å²) in [4.78, 5) is 29.9. The van der Waals surface area contributed by atoms with Crippen molar-refractivity contribution in [3.8, 4) is 11.5 Å². The molecular formula is C20H20N2O6S. The van der Waals surface area contributed by atoms with E-state index in [-0.39, 0.29) is 29.7 Å². The summed E-state index contributed by atoms with van der Waals surface area (Å²) >= 11 is 1.29. The number of carbonyl (C=O) groups is 2. The van der Waals surface area contributed by atoms with Crippen molar-refractivity contribution in [1.29, 1.82) is 0 Å². The number of nitrogens with one attached hydrogen (secondary N) is 1. The number of aryl methyl sites for hydroxylation is 2. The fraction of sp³-hybridized carbons (Fsp3) is 0.250. The van der Waals surface area contributed by atoms with Crippen molar-refractivity contribution in [3.05, 3.63) is 57.4 Å². The Morgan fingerprint density at radius 1 is 1.17 bits per heavy atom. The maximum Gasteiger partial charge on any atom is 0.340 e. The maximum atomic E-state index is 12.7. The number of benzene rings is 1. The minimum Gasteiger partial charge on any atom is -0.493 e. The molecule has 152 valence electrons. The molecule has 1 amide bonds.